The molecule has 0 aliphatic carbocycles. The topological polar surface area (TPSA) is 47.4 Å². The molecule has 1 unspecified atom stereocenters. The summed E-state index contributed by atoms with van der Waals surface area (Å²) in [6.45, 7) is 0.0335. The van der Waals surface area contributed by atoms with Crippen molar-refractivity contribution >= 4 is 5.91 Å². The van der Waals surface area contributed by atoms with Gasteiger partial charge in [-0.3, -0.25) is 9.48 Å². The number of hydrogen-bond donors (Lipinski definition) is 0. The third kappa shape index (κ3) is 3.76. The first-order valence-corrected chi connectivity index (χ1v) is 7.47. The van der Waals surface area contributed by atoms with Crippen molar-refractivity contribution in [1.29, 1.82) is 0 Å². The van der Waals surface area contributed by atoms with Gasteiger partial charge in [0.15, 0.2) is 6.10 Å². The molecule has 8 heteroatoms. The SMILES string of the molecule is O=C(c1cccc(Cn2cccn2)c1)N1CCOC(C(F)(F)F)C1. The quantitative estimate of drug-likeness (QED) is 0.862. The van der Waals surface area contributed by atoms with E-state index in [1.54, 1.807) is 41.3 Å². The molecule has 0 bridgehead atoms. The molecule has 1 aliphatic rings. The van der Waals surface area contributed by atoms with Crippen LogP contribution >= 0.6 is 0 Å². The predicted octanol–water partition coefficient (Wildman–Crippen LogP) is 2.33. The molecule has 0 N–H and O–H groups in total. The van der Waals surface area contributed by atoms with E-state index in [9.17, 15) is 18.0 Å². The molecule has 3 rings (SSSR count). The Hall–Kier alpha value is -2.35. The molecule has 5 nitrogen and oxygen atoms in total. The molecular formula is C16H16F3N3O2. The lowest BCUT2D eigenvalue weighted by Crippen LogP contribution is -2.51. The van der Waals surface area contributed by atoms with Gasteiger partial charge in [0.25, 0.3) is 5.91 Å². The Morgan fingerprint density at radius 3 is 2.88 bits per heavy atom. The number of alkyl halides is 3. The van der Waals surface area contributed by atoms with Crippen molar-refractivity contribution in [2.75, 3.05) is 19.7 Å². The summed E-state index contributed by atoms with van der Waals surface area (Å²) in [6, 6.07) is 8.64. The van der Waals surface area contributed by atoms with Crippen LogP contribution in [0.5, 0.6) is 0 Å². The van der Waals surface area contributed by atoms with Crippen molar-refractivity contribution in [3.05, 3.63) is 53.9 Å². The van der Waals surface area contributed by atoms with Crippen LogP contribution in [0.25, 0.3) is 0 Å². The first-order valence-electron chi connectivity index (χ1n) is 7.47. The Bertz CT molecular complexity index is 701. The van der Waals surface area contributed by atoms with E-state index >= 15 is 0 Å². The van der Waals surface area contributed by atoms with Crippen molar-refractivity contribution in [2.45, 2.75) is 18.8 Å². The molecule has 1 fully saturated rings. The van der Waals surface area contributed by atoms with Crippen LogP contribution in [0.1, 0.15) is 15.9 Å². The first-order chi connectivity index (χ1) is 11.4. The number of benzene rings is 1. The molecule has 1 aromatic heterocycles. The molecule has 2 aromatic rings. The van der Waals surface area contributed by atoms with E-state index < -0.39 is 24.7 Å². The molecule has 128 valence electrons. The highest BCUT2D eigenvalue weighted by atomic mass is 19.4. The number of hydrogen-bond acceptors (Lipinski definition) is 3. The zero-order chi connectivity index (χ0) is 17.2. The van der Waals surface area contributed by atoms with Gasteiger partial charge in [0.1, 0.15) is 0 Å². The molecule has 0 spiro atoms. The minimum atomic E-state index is -4.47. The zero-order valence-electron chi connectivity index (χ0n) is 12.7. The second-order valence-electron chi connectivity index (χ2n) is 5.56. The van der Waals surface area contributed by atoms with Gasteiger partial charge in [-0.1, -0.05) is 12.1 Å². The third-order valence-electron chi connectivity index (χ3n) is 3.80. The highest BCUT2D eigenvalue weighted by molar-refractivity contribution is 5.94. The molecule has 2 heterocycles. The Kier molecular flexibility index (Phi) is 4.57. The second-order valence-corrected chi connectivity index (χ2v) is 5.56. The standard InChI is InChI=1S/C16H16F3N3O2/c17-16(18,19)14-11-21(7-8-24-14)15(23)13-4-1-3-12(9-13)10-22-6-2-5-20-22/h1-6,9,14H,7-8,10-11H2. The van der Waals surface area contributed by atoms with Gasteiger partial charge in [-0.15, -0.1) is 0 Å². The number of morpholine rings is 1. The fraction of sp³-hybridized carbons (Fsp3) is 0.375. The maximum absolute atomic E-state index is 12.8. The number of carbonyl (C=O) groups is 1. The van der Waals surface area contributed by atoms with Crippen LogP contribution < -0.4 is 0 Å². The van der Waals surface area contributed by atoms with Crippen molar-refractivity contribution in [2.24, 2.45) is 0 Å². The van der Waals surface area contributed by atoms with Gasteiger partial charge in [-0.2, -0.15) is 18.3 Å². The average Bonchev–Trinajstić information content (AvgIpc) is 3.07. The van der Waals surface area contributed by atoms with Gasteiger partial charge in [0.05, 0.1) is 19.7 Å². The molecule has 24 heavy (non-hydrogen) atoms. The predicted molar refractivity (Wildman–Crippen MR) is 79.5 cm³/mol. The summed E-state index contributed by atoms with van der Waals surface area (Å²) in [5.41, 5.74) is 1.22. The summed E-state index contributed by atoms with van der Waals surface area (Å²) in [5, 5.41) is 4.09. The highest BCUT2D eigenvalue weighted by Crippen LogP contribution is 2.26. The normalized spacial score (nSPS) is 18.6. The Morgan fingerprint density at radius 1 is 1.33 bits per heavy atom. The number of rotatable bonds is 3. The van der Waals surface area contributed by atoms with Crippen LogP contribution in [0.2, 0.25) is 0 Å². The van der Waals surface area contributed by atoms with Crippen molar-refractivity contribution in [3.8, 4) is 0 Å². The van der Waals surface area contributed by atoms with E-state index in [0.717, 1.165) is 5.56 Å². The summed E-state index contributed by atoms with van der Waals surface area (Å²) >= 11 is 0. The number of aromatic nitrogens is 2. The third-order valence-corrected chi connectivity index (χ3v) is 3.80. The summed E-state index contributed by atoms with van der Waals surface area (Å²) in [5.74, 6) is -0.421. The average molecular weight is 339 g/mol. The van der Waals surface area contributed by atoms with E-state index in [1.807, 2.05) is 6.07 Å². The van der Waals surface area contributed by atoms with Crippen LogP contribution in [0.15, 0.2) is 42.7 Å². The summed E-state index contributed by atoms with van der Waals surface area (Å²) in [4.78, 5) is 13.7. The summed E-state index contributed by atoms with van der Waals surface area (Å²) < 4.78 is 44.8. The fourth-order valence-corrected chi connectivity index (χ4v) is 2.60. The van der Waals surface area contributed by atoms with Gasteiger partial charge in [0.2, 0.25) is 0 Å². The molecule has 1 aliphatic heterocycles. The number of halogens is 3. The second kappa shape index (κ2) is 6.64. The van der Waals surface area contributed by atoms with Crippen LogP contribution in [-0.2, 0) is 11.3 Å². The molecule has 0 radical (unpaired) electrons. The van der Waals surface area contributed by atoms with E-state index in [-0.39, 0.29) is 13.2 Å². The summed E-state index contributed by atoms with van der Waals surface area (Å²) in [6.07, 6.45) is -2.95. The van der Waals surface area contributed by atoms with Crippen LogP contribution in [0.3, 0.4) is 0 Å². The number of carbonyl (C=O) groups excluding carboxylic acids is 1. The van der Waals surface area contributed by atoms with Crippen LogP contribution in [0.4, 0.5) is 13.2 Å². The lowest BCUT2D eigenvalue weighted by atomic mass is 10.1. The highest BCUT2D eigenvalue weighted by Gasteiger charge is 2.44. The molecule has 0 saturated carbocycles. The van der Waals surface area contributed by atoms with Gasteiger partial charge in [0, 0.05) is 24.5 Å². The fourth-order valence-electron chi connectivity index (χ4n) is 2.60. The lowest BCUT2D eigenvalue weighted by molar-refractivity contribution is -0.233. The van der Waals surface area contributed by atoms with Crippen LogP contribution in [-0.4, -0.2) is 52.6 Å². The maximum Gasteiger partial charge on any atom is 0.416 e. The van der Waals surface area contributed by atoms with E-state index in [0.29, 0.717) is 12.1 Å². The van der Waals surface area contributed by atoms with E-state index in [2.05, 4.69) is 5.10 Å². The van der Waals surface area contributed by atoms with Crippen molar-refractivity contribution < 1.29 is 22.7 Å². The van der Waals surface area contributed by atoms with Crippen molar-refractivity contribution in [3.63, 3.8) is 0 Å². The molecule has 1 atom stereocenters. The Labute approximate surface area is 136 Å². The molecular weight excluding hydrogens is 323 g/mol. The smallest absolute Gasteiger partial charge is 0.365 e. The van der Waals surface area contributed by atoms with Gasteiger partial charge < -0.3 is 9.64 Å². The van der Waals surface area contributed by atoms with E-state index in [4.69, 9.17) is 4.74 Å². The first kappa shape index (κ1) is 16.5. The minimum Gasteiger partial charge on any atom is -0.365 e. The summed E-state index contributed by atoms with van der Waals surface area (Å²) in [7, 11) is 0. The largest absolute Gasteiger partial charge is 0.416 e. The Morgan fingerprint density at radius 2 is 2.17 bits per heavy atom. The van der Waals surface area contributed by atoms with Crippen LogP contribution in [0, 0.1) is 0 Å². The Balaban J connectivity index is 1.72. The maximum atomic E-state index is 12.8. The minimum absolute atomic E-state index is 0.122. The van der Waals surface area contributed by atoms with Gasteiger partial charge in [-0.25, -0.2) is 0 Å². The van der Waals surface area contributed by atoms with Crippen molar-refractivity contribution in [1.82, 2.24) is 14.7 Å². The number of ether oxygens (including phenoxy) is 1. The molecule has 1 aromatic carbocycles. The van der Waals surface area contributed by atoms with E-state index in [1.165, 1.54) is 4.90 Å². The number of amides is 1. The molecule has 1 saturated heterocycles. The van der Waals surface area contributed by atoms with Gasteiger partial charge >= 0.3 is 6.18 Å². The number of nitrogens with zero attached hydrogens (tertiary/aromatic N) is 3. The molecule has 1 amide bonds. The van der Waals surface area contributed by atoms with Gasteiger partial charge in [-0.05, 0) is 23.8 Å². The lowest BCUT2D eigenvalue weighted by Gasteiger charge is -2.33. The zero-order valence-corrected chi connectivity index (χ0v) is 12.7. The monoisotopic (exact) mass is 339 g/mol.